The van der Waals surface area contributed by atoms with E-state index in [0.29, 0.717) is 12.1 Å². The first kappa shape index (κ1) is 23.4. The van der Waals surface area contributed by atoms with Gasteiger partial charge in [0, 0.05) is 51.5 Å². The summed E-state index contributed by atoms with van der Waals surface area (Å²) in [6.45, 7) is 10.4. The Morgan fingerprint density at radius 3 is 2.47 bits per heavy atom. The lowest BCUT2D eigenvalue weighted by Crippen LogP contribution is -2.46. The van der Waals surface area contributed by atoms with E-state index in [-0.39, 0.29) is 11.5 Å². The number of pyridine rings is 3. The molecule has 4 heterocycles. The standard InChI is InChI=1S/C22H26N6O2.C2H6/c1-3-16-11-19-20(26-21(16)29)10-15(12-24-19)14-27-6-8-28(9-7-27)17-4-5-18(25-13-17)22(30)23-2;1-2/h4-5,10-13H,3,6-9,14H2,1-2H3,(H,23,30)(H,26,29);1-2H3. The molecule has 1 fully saturated rings. The summed E-state index contributed by atoms with van der Waals surface area (Å²) in [5.74, 6) is -0.178. The molecule has 2 N–H and O–H groups in total. The normalized spacial score (nSPS) is 14.1. The number of H-pyrrole nitrogens is 1. The quantitative estimate of drug-likeness (QED) is 0.639. The number of aromatic amines is 1. The van der Waals surface area contributed by atoms with E-state index in [9.17, 15) is 9.59 Å². The maximum atomic E-state index is 12.1. The molecule has 0 atom stereocenters. The van der Waals surface area contributed by atoms with Crippen LogP contribution in [0.4, 0.5) is 5.69 Å². The fourth-order valence-corrected chi connectivity index (χ4v) is 3.77. The fourth-order valence-electron chi connectivity index (χ4n) is 3.77. The molecule has 1 aliphatic heterocycles. The molecule has 3 aromatic heterocycles. The summed E-state index contributed by atoms with van der Waals surface area (Å²) >= 11 is 0. The monoisotopic (exact) mass is 436 g/mol. The summed E-state index contributed by atoms with van der Waals surface area (Å²) in [6.07, 6.45) is 4.35. The number of hydrogen-bond acceptors (Lipinski definition) is 6. The lowest BCUT2D eigenvalue weighted by molar-refractivity contribution is 0.0958. The Kier molecular flexibility index (Phi) is 7.94. The van der Waals surface area contributed by atoms with Gasteiger partial charge in [0.05, 0.1) is 22.9 Å². The summed E-state index contributed by atoms with van der Waals surface area (Å²) in [4.78, 5) is 40.1. The summed E-state index contributed by atoms with van der Waals surface area (Å²) < 4.78 is 0. The Hall–Kier alpha value is -3.26. The van der Waals surface area contributed by atoms with Gasteiger partial charge in [0.1, 0.15) is 5.69 Å². The second-order valence-electron chi connectivity index (χ2n) is 7.50. The minimum absolute atomic E-state index is 0.0337. The van der Waals surface area contributed by atoms with Gasteiger partial charge in [0.15, 0.2) is 0 Å². The number of hydrogen-bond donors (Lipinski definition) is 2. The van der Waals surface area contributed by atoms with Crippen LogP contribution in [0.5, 0.6) is 0 Å². The third-order valence-corrected chi connectivity index (χ3v) is 5.56. The van der Waals surface area contributed by atoms with Crippen molar-refractivity contribution in [1.82, 2.24) is 25.2 Å². The fraction of sp³-hybridized carbons (Fsp3) is 0.417. The molecule has 8 nitrogen and oxygen atoms in total. The maximum Gasteiger partial charge on any atom is 0.269 e. The van der Waals surface area contributed by atoms with Crippen LogP contribution in [-0.2, 0) is 13.0 Å². The number of rotatable bonds is 5. The number of carbonyl (C=O) groups excluding carboxylic acids is 1. The van der Waals surface area contributed by atoms with Crippen molar-refractivity contribution in [3.63, 3.8) is 0 Å². The molecule has 1 aliphatic rings. The topological polar surface area (TPSA) is 94.2 Å². The van der Waals surface area contributed by atoms with E-state index in [1.807, 2.05) is 45.2 Å². The first-order valence-corrected chi connectivity index (χ1v) is 11.2. The number of piperazine rings is 1. The molecule has 0 saturated carbocycles. The highest BCUT2D eigenvalue weighted by Crippen LogP contribution is 2.18. The van der Waals surface area contributed by atoms with Crippen LogP contribution >= 0.6 is 0 Å². The number of carbonyl (C=O) groups is 1. The van der Waals surface area contributed by atoms with Crippen molar-refractivity contribution < 1.29 is 4.79 Å². The second kappa shape index (κ2) is 10.9. The zero-order valence-corrected chi connectivity index (χ0v) is 19.3. The molecule has 8 heteroatoms. The number of amides is 1. The molecule has 0 aliphatic carbocycles. The van der Waals surface area contributed by atoms with Crippen LogP contribution in [-0.4, -0.2) is 59.0 Å². The summed E-state index contributed by atoms with van der Waals surface area (Å²) in [5.41, 5.74) is 4.88. The van der Waals surface area contributed by atoms with Gasteiger partial charge in [-0.2, -0.15) is 0 Å². The van der Waals surface area contributed by atoms with Crippen molar-refractivity contribution in [3.05, 3.63) is 63.8 Å². The highest BCUT2D eigenvalue weighted by molar-refractivity contribution is 5.92. The van der Waals surface area contributed by atoms with Crippen LogP contribution in [0.15, 0.2) is 41.5 Å². The van der Waals surface area contributed by atoms with Gasteiger partial charge in [-0.25, -0.2) is 4.98 Å². The van der Waals surface area contributed by atoms with E-state index >= 15 is 0 Å². The highest BCUT2D eigenvalue weighted by Gasteiger charge is 2.18. The van der Waals surface area contributed by atoms with E-state index in [4.69, 9.17) is 0 Å². The predicted octanol–water partition coefficient (Wildman–Crippen LogP) is 2.59. The van der Waals surface area contributed by atoms with Gasteiger partial charge in [0.25, 0.3) is 11.5 Å². The summed E-state index contributed by atoms with van der Waals surface area (Å²) in [7, 11) is 1.60. The molecular formula is C24H32N6O2. The predicted molar refractivity (Wildman–Crippen MR) is 128 cm³/mol. The number of anilines is 1. The van der Waals surface area contributed by atoms with Crippen LogP contribution in [0, 0.1) is 0 Å². The van der Waals surface area contributed by atoms with Crippen LogP contribution < -0.4 is 15.8 Å². The van der Waals surface area contributed by atoms with Crippen molar-refractivity contribution in [3.8, 4) is 0 Å². The smallest absolute Gasteiger partial charge is 0.269 e. The second-order valence-corrected chi connectivity index (χ2v) is 7.50. The lowest BCUT2D eigenvalue weighted by atomic mass is 10.1. The summed E-state index contributed by atoms with van der Waals surface area (Å²) in [5, 5.41) is 2.58. The van der Waals surface area contributed by atoms with Gasteiger partial charge >= 0.3 is 0 Å². The van der Waals surface area contributed by atoms with E-state index < -0.39 is 0 Å². The van der Waals surface area contributed by atoms with Gasteiger partial charge in [-0.1, -0.05) is 20.8 Å². The van der Waals surface area contributed by atoms with Gasteiger partial charge in [-0.05, 0) is 36.2 Å². The van der Waals surface area contributed by atoms with Gasteiger partial charge in [-0.3, -0.25) is 19.5 Å². The van der Waals surface area contributed by atoms with Crippen molar-refractivity contribution in [2.75, 3.05) is 38.1 Å². The third kappa shape index (κ3) is 5.31. The first-order valence-electron chi connectivity index (χ1n) is 11.2. The lowest BCUT2D eigenvalue weighted by Gasteiger charge is -2.36. The number of aromatic nitrogens is 3. The van der Waals surface area contributed by atoms with Crippen LogP contribution in [0.3, 0.4) is 0 Å². The van der Waals surface area contributed by atoms with Crippen molar-refractivity contribution in [2.45, 2.75) is 33.7 Å². The molecule has 0 aromatic carbocycles. The molecule has 1 saturated heterocycles. The zero-order valence-electron chi connectivity index (χ0n) is 19.3. The van der Waals surface area contributed by atoms with E-state index in [2.05, 4.69) is 30.1 Å². The largest absolute Gasteiger partial charge is 0.368 e. The molecule has 4 rings (SSSR count). The molecule has 0 unspecified atom stereocenters. The Bertz CT molecular complexity index is 1100. The molecule has 1 amide bonds. The van der Waals surface area contributed by atoms with Gasteiger partial charge in [0.2, 0.25) is 0 Å². The number of nitrogens with zero attached hydrogens (tertiary/aromatic N) is 4. The molecule has 0 radical (unpaired) electrons. The van der Waals surface area contributed by atoms with Crippen LogP contribution in [0.25, 0.3) is 11.0 Å². The van der Waals surface area contributed by atoms with Crippen LogP contribution in [0.2, 0.25) is 0 Å². The first-order chi connectivity index (χ1) is 15.6. The molecule has 3 aromatic rings. The minimum Gasteiger partial charge on any atom is -0.368 e. The zero-order chi connectivity index (χ0) is 23.1. The minimum atomic E-state index is -0.178. The average molecular weight is 437 g/mol. The van der Waals surface area contributed by atoms with E-state index in [1.54, 1.807) is 19.3 Å². The van der Waals surface area contributed by atoms with Crippen LogP contribution in [0.1, 0.15) is 42.4 Å². The molecular weight excluding hydrogens is 404 g/mol. The molecule has 0 bridgehead atoms. The number of fused-ring (bicyclic) bond motifs is 1. The molecule has 32 heavy (non-hydrogen) atoms. The molecule has 170 valence electrons. The Morgan fingerprint density at radius 1 is 1.09 bits per heavy atom. The Morgan fingerprint density at radius 2 is 1.84 bits per heavy atom. The third-order valence-electron chi connectivity index (χ3n) is 5.56. The maximum absolute atomic E-state index is 12.1. The molecule has 0 spiro atoms. The van der Waals surface area contributed by atoms with Gasteiger partial charge < -0.3 is 15.2 Å². The summed E-state index contributed by atoms with van der Waals surface area (Å²) in [6, 6.07) is 7.60. The Labute approximate surface area is 188 Å². The number of nitrogens with one attached hydrogen (secondary N) is 2. The SMILES string of the molecule is CC.CCc1cc2ncc(CN3CCN(c4ccc(C(=O)NC)nc4)CC3)cc2[nH]c1=O. The van der Waals surface area contributed by atoms with Crippen molar-refractivity contribution >= 4 is 22.6 Å². The number of aryl methyl sites for hydroxylation is 1. The van der Waals surface area contributed by atoms with Gasteiger partial charge in [-0.15, -0.1) is 0 Å². The van der Waals surface area contributed by atoms with Crippen molar-refractivity contribution in [2.24, 2.45) is 0 Å². The van der Waals surface area contributed by atoms with Crippen molar-refractivity contribution in [1.29, 1.82) is 0 Å². The van der Waals surface area contributed by atoms with E-state index in [0.717, 1.165) is 60.6 Å². The van der Waals surface area contributed by atoms with E-state index in [1.165, 1.54) is 0 Å². The Balaban J connectivity index is 0.00000141. The average Bonchev–Trinajstić information content (AvgIpc) is 2.85. The highest BCUT2D eigenvalue weighted by atomic mass is 16.1.